The molecule has 2 aromatic heterocycles. The van der Waals surface area contributed by atoms with Gasteiger partial charge in [0.2, 0.25) is 0 Å². The van der Waals surface area contributed by atoms with Gasteiger partial charge in [-0.2, -0.15) is 0 Å². The minimum atomic E-state index is 0.593. The number of nitrogen functional groups attached to an aromatic ring is 1. The molecular formula is C11H12N2S. The number of hydrogen-bond acceptors (Lipinski definition) is 3. The molecule has 2 nitrogen and oxygen atoms in total. The molecule has 2 rings (SSSR count). The summed E-state index contributed by atoms with van der Waals surface area (Å²) in [6, 6.07) is 6.10. The summed E-state index contributed by atoms with van der Waals surface area (Å²) in [4.78, 5) is 5.35. The third-order valence-electron chi connectivity index (χ3n) is 2.21. The maximum atomic E-state index is 5.62. The van der Waals surface area contributed by atoms with E-state index in [1.807, 2.05) is 12.1 Å². The lowest BCUT2D eigenvalue weighted by Gasteiger charge is -2.01. The molecule has 0 aromatic carbocycles. The highest BCUT2D eigenvalue weighted by molar-refractivity contribution is 7.10. The fraction of sp³-hybridized carbons (Fsp3) is 0.182. The Morgan fingerprint density at radius 1 is 1.43 bits per heavy atom. The summed E-state index contributed by atoms with van der Waals surface area (Å²) >= 11 is 1.78. The Labute approximate surface area is 87.4 Å². The van der Waals surface area contributed by atoms with Gasteiger partial charge in [0.25, 0.3) is 0 Å². The Bertz CT molecular complexity index is 434. The van der Waals surface area contributed by atoms with Crippen molar-refractivity contribution < 1.29 is 0 Å². The Kier molecular flexibility index (Phi) is 2.50. The summed E-state index contributed by atoms with van der Waals surface area (Å²) in [5, 5.41) is 2.12. The van der Waals surface area contributed by atoms with Crippen LogP contribution in [0.1, 0.15) is 16.0 Å². The number of nitrogens with zero attached hydrogens (tertiary/aromatic N) is 1. The third-order valence-corrected chi connectivity index (χ3v) is 3.09. The van der Waals surface area contributed by atoms with Crippen molar-refractivity contribution in [3.8, 4) is 0 Å². The zero-order valence-corrected chi connectivity index (χ0v) is 8.84. The number of hydrogen-bond donors (Lipinski definition) is 1. The van der Waals surface area contributed by atoms with E-state index in [9.17, 15) is 0 Å². The van der Waals surface area contributed by atoms with Gasteiger partial charge in [-0.15, -0.1) is 11.3 Å². The van der Waals surface area contributed by atoms with Crippen molar-refractivity contribution in [2.75, 3.05) is 5.73 Å². The van der Waals surface area contributed by atoms with Gasteiger partial charge < -0.3 is 5.73 Å². The van der Waals surface area contributed by atoms with Crippen LogP contribution in [0.4, 0.5) is 5.82 Å². The Morgan fingerprint density at radius 2 is 2.29 bits per heavy atom. The average Bonchev–Trinajstić information content (AvgIpc) is 2.52. The smallest absolute Gasteiger partial charge is 0.123 e. The molecule has 0 aliphatic carbocycles. The van der Waals surface area contributed by atoms with E-state index in [2.05, 4.69) is 23.4 Å². The molecule has 0 aliphatic heterocycles. The monoisotopic (exact) mass is 204 g/mol. The lowest BCUT2D eigenvalue weighted by molar-refractivity contribution is 1.16. The molecule has 0 spiro atoms. The molecule has 0 bridgehead atoms. The lowest BCUT2D eigenvalue weighted by atomic mass is 10.1. The highest BCUT2D eigenvalue weighted by Gasteiger charge is 2.01. The van der Waals surface area contributed by atoms with Crippen molar-refractivity contribution in [1.29, 1.82) is 0 Å². The molecule has 0 saturated heterocycles. The van der Waals surface area contributed by atoms with E-state index in [0.717, 1.165) is 6.42 Å². The number of thiophene rings is 1. The lowest BCUT2D eigenvalue weighted by Crippen LogP contribution is -1.93. The summed E-state index contributed by atoms with van der Waals surface area (Å²) in [6.07, 6.45) is 2.70. The molecule has 2 heterocycles. The highest BCUT2D eigenvalue weighted by Crippen LogP contribution is 2.19. The maximum Gasteiger partial charge on any atom is 0.123 e. The van der Waals surface area contributed by atoms with Crippen LogP contribution in [0.3, 0.4) is 0 Å². The van der Waals surface area contributed by atoms with Gasteiger partial charge in [0.05, 0.1) is 0 Å². The SMILES string of the molecule is Cc1sccc1Cc1ccnc(N)c1. The minimum absolute atomic E-state index is 0.593. The van der Waals surface area contributed by atoms with Gasteiger partial charge in [-0.1, -0.05) is 0 Å². The van der Waals surface area contributed by atoms with Crippen molar-refractivity contribution in [1.82, 2.24) is 4.98 Å². The van der Waals surface area contributed by atoms with Crippen molar-refractivity contribution in [3.05, 3.63) is 45.8 Å². The predicted molar refractivity (Wildman–Crippen MR) is 60.5 cm³/mol. The third kappa shape index (κ3) is 1.93. The fourth-order valence-electron chi connectivity index (χ4n) is 1.42. The fourth-order valence-corrected chi connectivity index (χ4v) is 2.15. The van der Waals surface area contributed by atoms with Gasteiger partial charge in [-0.3, -0.25) is 0 Å². The van der Waals surface area contributed by atoms with E-state index in [-0.39, 0.29) is 0 Å². The number of aryl methyl sites for hydroxylation is 1. The van der Waals surface area contributed by atoms with Crippen LogP contribution in [-0.4, -0.2) is 4.98 Å². The summed E-state index contributed by atoms with van der Waals surface area (Å²) < 4.78 is 0. The standard InChI is InChI=1S/C11H12N2S/c1-8-10(3-5-14-8)6-9-2-4-13-11(12)7-9/h2-5,7H,6H2,1H3,(H2,12,13). The zero-order valence-electron chi connectivity index (χ0n) is 8.03. The van der Waals surface area contributed by atoms with Crippen molar-refractivity contribution >= 4 is 17.2 Å². The van der Waals surface area contributed by atoms with Crippen LogP contribution < -0.4 is 5.73 Å². The molecule has 0 fully saturated rings. The molecule has 14 heavy (non-hydrogen) atoms. The molecule has 0 saturated carbocycles. The second kappa shape index (κ2) is 3.80. The Balaban J connectivity index is 2.23. The minimum Gasteiger partial charge on any atom is -0.384 e. The topological polar surface area (TPSA) is 38.9 Å². The van der Waals surface area contributed by atoms with Gasteiger partial charge in [-0.05, 0) is 48.1 Å². The van der Waals surface area contributed by atoms with Crippen LogP contribution in [0.15, 0.2) is 29.8 Å². The van der Waals surface area contributed by atoms with Crippen LogP contribution in [0.5, 0.6) is 0 Å². The second-order valence-electron chi connectivity index (χ2n) is 3.27. The number of rotatable bonds is 2. The molecular weight excluding hydrogens is 192 g/mol. The van der Waals surface area contributed by atoms with Gasteiger partial charge in [0.15, 0.2) is 0 Å². The number of nitrogens with two attached hydrogens (primary N) is 1. The molecule has 0 atom stereocenters. The summed E-state index contributed by atoms with van der Waals surface area (Å²) in [5.74, 6) is 0.593. The number of anilines is 1. The highest BCUT2D eigenvalue weighted by atomic mass is 32.1. The van der Waals surface area contributed by atoms with Gasteiger partial charge >= 0.3 is 0 Å². The summed E-state index contributed by atoms with van der Waals surface area (Å²) in [7, 11) is 0. The first-order valence-corrected chi connectivity index (χ1v) is 5.37. The number of aromatic nitrogens is 1. The Morgan fingerprint density at radius 3 is 2.93 bits per heavy atom. The van der Waals surface area contributed by atoms with E-state index in [4.69, 9.17) is 5.73 Å². The van der Waals surface area contributed by atoms with Crippen molar-refractivity contribution in [2.24, 2.45) is 0 Å². The van der Waals surface area contributed by atoms with Crippen LogP contribution in [0.25, 0.3) is 0 Å². The molecule has 2 aromatic rings. The van der Waals surface area contributed by atoms with Crippen LogP contribution >= 0.6 is 11.3 Å². The van der Waals surface area contributed by atoms with Crippen LogP contribution in [0, 0.1) is 6.92 Å². The summed E-state index contributed by atoms with van der Waals surface area (Å²) in [5.41, 5.74) is 8.21. The van der Waals surface area contributed by atoms with Gasteiger partial charge in [0.1, 0.15) is 5.82 Å². The molecule has 0 unspecified atom stereocenters. The predicted octanol–water partition coefficient (Wildman–Crippen LogP) is 2.62. The van der Waals surface area contributed by atoms with Crippen LogP contribution in [0.2, 0.25) is 0 Å². The van der Waals surface area contributed by atoms with E-state index < -0.39 is 0 Å². The second-order valence-corrected chi connectivity index (χ2v) is 4.39. The first kappa shape index (κ1) is 9.21. The largest absolute Gasteiger partial charge is 0.384 e. The molecule has 3 heteroatoms. The molecule has 0 aliphatic rings. The van der Waals surface area contributed by atoms with Gasteiger partial charge in [0, 0.05) is 11.1 Å². The first-order chi connectivity index (χ1) is 6.75. The van der Waals surface area contributed by atoms with E-state index in [1.165, 1.54) is 16.0 Å². The summed E-state index contributed by atoms with van der Waals surface area (Å²) in [6.45, 7) is 2.14. The molecule has 2 N–H and O–H groups in total. The van der Waals surface area contributed by atoms with Crippen molar-refractivity contribution in [2.45, 2.75) is 13.3 Å². The van der Waals surface area contributed by atoms with E-state index >= 15 is 0 Å². The quantitative estimate of drug-likeness (QED) is 0.816. The number of pyridine rings is 1. The van der Waals surface area contributed by atoms with Crippen molar-refractivity contribution in [3.63, 3.8) is 0 Å². The first-order valence-electron chi connectivity index (χ1n) is 4.49. The zero-order chi connectivity index (χ0) is 9.97. The Hall–Kier alpha value is -1.35. The molecule has 0 radical (unpaired) electrons. The maximum absolute atomic E-state index is 5.62. The van der Waals surface area contributed by atoms with E-state index in [1.54, 1.807) is 17.5 Å². The van der Waals surface area contributed by atoms with E-state index in [0.29, 0.717) is 5.82 Å². The normalized spacial score (nSPS) is 10.4. The van der Waals surface area contributed by atoms with Crippen LogP contribution in [-0.2, 0) is 6.42 Å². The average molecular weight is 204 g/mol. The van der Waals surface area contributed by atoms with Gasteiger partial charge in [-0.25, -0.2) is 4.98 Å². The molecule has 0 amide bonds. The molecule has 72 valence electrons.